The van der Waals surface area contributed by atoms with Gasteiger partial charge in [0, 0.05) is 16.1 Å². The first kappa shape index (κ1) is 17.0. The van der Waals surface area contributed by atoms with Gasteiger partial charge in [-0.3, -0.25) is 14.3 Å². The lowest BCUT2D eigenvalue weighted by Crippen LogP contribution is -2.29. The molecule has 0 fully saturated rings. The van der Waals surface area contributed by atoms with Crippen LogP contribution in [0, 0.1) is 4.77 Å². The van der Waals surface area contributed by atoms with Crippen LogP contribution in [0.15, 0.2) is 60.1 Å². The predicted molar refractivity (Wildman–Crippen MR) is 105 cm³/mol. The summed E-state index contributed by atoms with van der Waals surface area (Å²) in [6.45, 7) is 0. The third-order valence-electron chi connectivity index (χ3n) is 3.98. The predicted octanol–water partition coefficient (Wildman–Crippen LogP) is 4.63. The first-order chi connectivity index (χ1) is 12.6. The van der Waals surface area contributed by atoms with Crippen molar-refractivity contribution in [2.45, 2.75) is 6.04 Å². The van der Waals surface area contributed by atoms with Crippen LogP contribution >= 0.6 is 35.2 Å². The van der Waals surface area contributed by atoms with E-state index >= 15 is 0 Å². The van der Waals surface area contributed by atoms with Crippen LogP contribution in [0.2, 0.25) is 5.02 Å². The molecule has 26 heavy (non-hydrogen) atoms. The number of carbonyl (C=O) groups excluding carboxylic acids is 1. The molecule has 0 bridgehead atoms. The summed E-state index contributed by atoms with van der Waals surface area (Å²) in [7, 11) is 0. The quantitative estimate of drug-likeness (QED) is 0.491. The summed E-state index contributed by atoms with van der Waals surface area (Å²) >= 11 is 12.8. The van der Waals surface area contributed by atoms with E-state index in [1.54, 1.807) is 34.1 Å². The second-order valence-corrected chi connectivity index (χ2v) is 7.45. The van der Waals surface area contributed by atoms with Gasteiger partial charge in [-0.2, -0.15) is 5.10 Å². The van der Waals surface area contributed by atoms with Gasteiger partial charge in [-0.05, 0) is 53.5 Å². The molecule has 5 nitrogen and oxygen atoms in total. The molecule has 0 saturated heterocycles. The Kier molecular flexibility index (Phi) is 4.58. The highest BCUT2D eigenvalue weighted by atomic mass is 35.5. The molecule has 0 aliphatic carbocycles. The van der Waals surface area contributed by atoms with Crippen molar-refractivity contribution in [2.24, 2.45) is 0 Å². The number of halogens is 1. The number of fused-ring (bicyclic) bond motifs is 1. The summed E-state index contributed by atoms with van der Waals surface area (Å²) in [5.74, 6) is -0.191. The van der Waals surface area contributed by atoms with Crippen molar-refractivity contribution >= 4 is 46.7 Å². The molecule has 2 N–H and O–H groups in total. The fraction of sp³-hybridized carbons (Fsp3) is 0.0556. The molecule has 0 unspecified atom stereocenters. The molecule has 8 heteroatoms. The van der Waals surface area contributed by atoms with E-state index in [0.29, 0.717) is 21.0 Å². The third kappa shape index (κ3) is 3.29. The van der Waals surface area contributed by atoms with Crippen molar-refractivity contribution in [3.05, 3.63) is 85.9 Å². The van der Waals surface area contributed by atoms with E-state index in [9.17, 15) is 4.79 Å². The number of carbonyl (C=O) groups is 1. The number of H-pyrrole nitrogens is 1. The van der Waals surface area contributed by atoms with Gasteiger partial charge in [0.2, 0.25) is 0 Å². The fourth-order valence-electron chi connectivity index (χ4n) is 2.68. The number of nitrogens with zero attached hydrogens (tertiary/aromatic N) is 2. The Hall–Kier alpha value is -2.48. The van der Waals surface area contributed by atoms with Gasteiger partial charge < -0.3 is 5.32 Å². The zero-order chi connectivity index (χ0) is 18.1. The molecule has 1 amide bonds. The molecule has 0 saturated carbocycles. The number of aromatic nitrogens is 3. The lowest BCUT2D eigenvalue weighted by atomic mass is 10.0. The zero-order valence-corrected chi connectivity index (χ0v) is 15.7. The van der Waals surface area contributed by atoms with E-state index in [1.807, 2.05) is 41.8 Å². The average molecular weight is 401 g/mol. The van der Waals surface area contributed by atoms with Crippen molar-refractivity contribution in [3.8, 4) is 0 Å². The van der Waals surface area contributed by atoms with Crippen LogP contribution in [0.3, 0.4) is 0 Å². The van der Waals surface area contributed by atoms with Gasteiger partial charge in [0.05, 0.1) is 11.6 Å². The number of aromatic amines is 1. The monoisotopic (exact) mass is 400 g/mol. The second kappa shape index (κ2) is 7.03. The molecule has 130 valence electrons. The molecule has 0 aliphatic heterocycles. The average Bonchev–Trinajstić information content (AvgIpc) is 3.30. The summed E-state index contributed by atoms with van der Waals surface area (Å²) in [6.07, 6.45) is 1.68. The summed E-state index contributed by atoms with van der Waals surface area (Å²) < 4.78 is 2.12. The highest BCUT2D eigenvalue weighted by molar-refractivity contribution is 7.71. The number of hydrogen-bond acceptors (Lipinski definition) is 4. The zero-order valence-electron chi connectivity index (χ0n) is 13.3. The van der Waals surface area contributed by atoms with Gasteiger partial charge in [-0.1, -0.05) is 29.8 Å². The summed E-state index contributed by atoms with van der Waals surface area (Å²) in [4.78, 5) is 13.9. The Morgan fingerprint density at radius 1 is 1.23 bits per heavy atom. The summed E-state index contributed by atoms with van der Waals surface area (Å²) in [5.41, 5.74) is 2.13. The van der Waals surface area contributed by atoms with E-state index in [0.717, 1.165) is 10.4 Å². The van der Waals surface area contributed by atoms with E-state index in [-0.39, 0.29) is 11.9 Å². The van der Waals surface area contributed by atoms with Crippen LogP contribution in [-0.4, -0.2) is 20.5 Å². The summed E-state index contributed by atoms with van der Waals surface area (Å²) in [5, 5.41) is 12.5. The van der Waals surface area contributed by atoms with E-state index in [4.69, 9.17) is 23.8 Å². The van der Waals surface area contributed by atoms with Crippen molar-refractivity contribution < 1.29 is 4.79 Å². The van der Waals surface area contributed by atoms with Crippen molar-refractivity contribution in [3.63, 3.8) is 0 Å². The van der Waals surface area contributed by atoms with Gasteiger partial charge in [0.15, 0.2) is 10.4 Å². The SMILES string of the molecule is O=C(N[C@@H](c1ccc(Cl)cc1)c1cccs1)c1ccc2n[nH]c(=S)n2c1. The van der Waals surface area contributed by atoms with Gasteiger partial charge in [-0.25, -0.2) is 0 Å². The number of thiophene rings is 1. The van der Waals surface area contributed by atoms with E-state index < -0.39 is 0 Å². The van der Waals surface area contributed by atoms with Crippen LogP contribution in [0.25, 0.3) is 5.65 Å². The Labute approximate surface area is 163 Å². The standard InChI is InChI=1S/C18H13ClN4OS2/c19-13-6-3-11(4-7-13)16(14-2-1-9-26-14)20-17(24)12-5-8-15-21-22-18(25)23(15)10-12/h1-10,16H,(H,20,24)(H,22,25)/t16-/m0/s1. The first-order valence-electron chi connectivity index (χ1n) is 7.78. The normalized spacial score (nSPS) is 12.2. The number of benzene rings is 1. The number of nitrogens with one attached hydrogen (secondary N) is 2. The molecule has 3 aromatic heterocycles. The minimum atomic E-state index is -0.257. The Morgan fingerprint density at radius 2 is 2.04 bits per heavy atom. The minimum absolute atomic E-state index is 0.191. The van der Waals surface area contributed by atoms with E-state index in [2.05, 4.69) is 15.5 Å². The van der Waals surface area contributed by atoms with Crippen molar-refractivity contribution in [1.82, 2.24) is 19.9 Å². The summed E-state index contributed by atoms with van der Waals surface area (Å²) in [6, 6.07) is 14.7. The van der Waals surface area contributed by atoms with Crippen LogP contribution in [0.1, 0.15) is 26.8 Å². The van der Waals surface area contributed by atoms with Crippen molar-refractivity contribution in [2.75, 3.05) is 0 Å². The lowest BCUT2D eigenvalue weighted by molar-refractivity contribution is 0.0943. The minimum Gasteiger partial charge on any atom is -0.340 e. The topological polar surface area (TPSA) is 62.2 Å². The molecule has 0 aliphatic rings. The Bertz CT molecular complexity index is 1120. The van der Waals surface area contributed by atoms with E-state index in [1.165, 1.54) is 0 Å². The van der Waals surface area contributed by atoms with Gasteiger partial charge in [-0.15, -0.1) is 11.3 Å². The highest BCUT2D eigenvalue weighted by Gasteiger charge is 2.19. The first-order valence-corrected chi connectivity index (χ1v) is 9.45. The molecular formula is C18H13ClN4OS2. The fourth-order valence-corrected chi connectivity index (χ4v) is 3.80. The molecule has 1 aromatic carbocycles. The Balaban J connectivity index is 1.68. The maximum atomic E-state index is 12.9. The number of pyridine rings is 1. The maximum Gasteiger partial charge on any atom is 0.253 e. The Morgan fingerprint density at radius 3 is 2.77 bits per heavy atom. The van der Waals surface area contributed by atoms with Gasteiger partial charge in [0.1, 0.15) is 0 Å². The van der Waals surface area contributed by atoms with Gasteiger partial charge >= 0.3 is 0 Å². The lowest BCUT2D eigenvalue weighted by Gasteiger charge is -2.18. The van der Waals surface area contributed by atoms with Crippen LogP contribution in [0.4, 0.5) is 0 Å². The molecule has 3 heterocycles. The third-order valence-corrected chi connectivity index (χ3v) is 5.46. The van der Waals surface area contributed by atoms with Crippen LogP contribution in [0.5, 0.6) is 0 Å². The molecule has 4 aromatic rings. The molecule has 1 atom stereocenters. The number of amides is 1. The van der Waals surface area contributed by atoms with Crippen molar-refractivity contribution in [1.29, 1.82) is 0 Å². The molecule has 4 rings (SSSR count). The molecular weight excluding hydrogens is 388 g/mol. The number of hydrogen-bond donors (Lipinski definition) is 2. The highest BCUT2D eigenvalue weighted by Crippen LogP contribution is 2.27. The largest absolute Gasteiger partial charge is 0.340 e. The molecule has 0 radical (unpaired) electrons. The van der Waals surface area contributed by atoms with Crippen LogP contribution < -0.4 is 5.32 Å². The second-order valence-electron chi connectivity index (χ2n) is 5.65. The van der Waals surface area contributed by atoms with Gasteiger partial charge in [0.25, 0.3) is 5.91 Å². The van der Waals surface area contributed by atoms with Crippen LogP contribution in [-0.2, 0) is 0 Å². The number of rotatable bonds is 4. The smallest absolute Gasteiger partial charge is 0.253 e. The molecule has 0 spiro atoms. The maximum absolute atomic E-state index is 12.9.